The van der Waals surface area contributed by atoms with Crippen LogP contribution in [0.5, 0.6) is 0 Å². The van der Waals surface area contributed by atoms with Crippen LogP contribution in [0.25, 0.3) is 0 Å². The molecule has 0 radical (unpaired) electrons. The van der Waals surface area contributed by atoms with Crippen molar-refractivity contribution in [1.29, 1.82) is 0 Å². The average Bonchev–Trinajstić information content (AvgIpc) is 3.27. The van der Waals surface area contributed by atoms with E-state index in [4.69, 9.17) is 19.5 Å². The number of hydrogen-bond acceptors (Lipinski definition) is 6. The molecule has 1 N–H and O–H groups in total. The first kappa shape index (κ1) is 25.9. The van der Waals surface area contributed by atoms with Crippen LogP contribution in [0.1, 0.15) is 48.7 Å². The molecule has 1 aromatic rings. The lowest BCUT2D eigenvalue weighted by molar-refractivity contribution is -0.206. The van der Waals surface area contributed by atoms with Crippen molar-refractivity contribution in [1.82, 2.24) is 14.9 Å². The fraction of sp³-hybridized carbons (Fsp3) is 0.636. The Balaban J connectivity index is 0.000000406. The molecule has 1 aromatic heterocycles. The first-order valence-corrected chi connectivity index (χ1v) is 11.2. The number of halogens is 3. The van der Waals surface area contributed by atoms with Crippen molar-refractivity contribution in [2.45, 2.75) is 57.4 Å². The number of aliphatic carboxylic acids is 1. The van der Waals surface area contributed by atoms with E-state index >= 15 is 0 Å². The predicted octanol–water partition coefficient (Wildman–Crippen LogP) is 2.45. The van der Waals surface area contributed by atoms with Crippen molar-refractivity contribution in [3.05, 3.63) is 29.6 Å². The number of rotatable bonds is 3. The highest BCUT2D eigenvalue weighted by Crippen LogP contribution is 2.34. The van der Waals surface area contributed by atoms with E-state index in [0.717, 1.165) is 37.8 Å². The van der Waals surface area contributed by atoms with Gasteiger partial charge in [-0.2, -0.15) is 13.2 Å². The van der Waals surface area contributed by atoms with Crippen molar-refractivity contribution >= 4 is 17.8 Å². The number of carbonyl (C=O) groups excluding carboxylic acids is 2. The Kier molecular flexibility index (Phi) is 8.47. The van der Waals surface area contributed by atoms with Crippen LogP contribution in [0, 0.1) is 5.92 Å². The van der Waals surface area contributed by atoms with Crippen molar-refractivity contribution < 1.29 is 42.2 Å². The summed E-state index contributed by atoms with van der Waals surface area (Å²) in [6.45, 7) is 4.50. The largest absolute Gasteiger partial charge is 0.490 e. The highest BCUT2D eigenvalue weighted by atomic mass is 19.4. The molecule has 9 nitrogen and oxygen atoms in total. The molecule has 0 saturated carbocycles. The van der Waals surface area contributed by atoms with E-state index in [1.165, 1.54) is 5.06 Å². The van der Waals surface area contributed by atoms with E-state index in [9.17, 15) is 22.8 Å². The minimum atomic E-state index is -5.08. The number of carboxylic acid groups (broad SMARTS) is 1. The summed E-state index contributed by atoms with van der Waals surface area (Å²) < 4.78 is 37.8. The molecule has 3 saturated heterocycles. The van der Waals surface area contributed by atoms with E-state index in [2.05, 4.69) is 4.98 Å². The number of piperidine rings is 1. The van der Waals surface area contributed by atoms with Gasteiger partial charge in [0.1, 0.15) is 6.10 Å². The third-order valence-electron chi connectivity index (χ3n) is 6.04. The molecule has 3 aliphatic rings. The summed E-state index contributed by atoms with van der Waals surface area (Å²) in [5.41, 5.74) is 1.59. The van der Waals surface area contributed by atoms with Crippen LogP contribution in [0.15, 0.2) is 18.3 Å². The van der Waals surface area contributed by atoms with Gasteiger partial charge in [0.2, 0.25) is 0 Å². The Bertz CT molecular complexity index is 874. The van der Waals surface area contributed by atoms with Gasteiger partial charge in [-0.15, -0.1) is 0 Å². The molecule has 0 aliphatic carbocycles. The summed E-state index contributed by atoms with van der Waals surface area (Å²) in [6, 6.07) is 3.75. The molecule has 0 aromatic carbocycles. The highest BCUT2D eigenvalue weighted by Gasteiger charge is 2.44. The lowest BCUT2D eigenvalue weighted by Gasteiger charge is -2.34. The Hall–Kier alpha value is -2.73. The quantitative estimate of drug-likeness (QED) is 0.698. The molecule has 34 heavy (non-hydrogen) atoms. The standard InChI is InChI=1S/C20H27N3O4.C2HF3O2/c1-2-16-6-5-15(12-21-16)19(24)22-9-7-14-11-17(27-18(14)13-22)20(25)23-8-3-4-10-26-23;3-2(4,5)1(6)7/h5-6,12,14,17-18H,2-4,7-11,13H2,1H3;(H,6,7)/t14-,17-,18+;/m0./s1. The number of carboxylic acids is 1. The summed E-state index contributed by atoms with van der Waals surface area (Å²) >= 11 is 0. The topological polar surface area (TPSA) is 109 Å². The number of alkyl halides is 3. The number of carbonyl (C=O) groups is 3. The number of fused-ring (bicyclic) bond motifs is 1. The number of likely N-dealkylation sites (tertiary alicyclic amines) is 1. The van der Waals surface area contributed by atoms with Crippen LogP contribution in [-0.2, 0) is 25.6 Å². The molecular weight excluding hydrogens is 459 g/mol. The lowest BCUT2D eigenvalue weighted by Crippen LogP contribution is -2.45. The van der Waals surface area contributed by atoms with Crippen LogP contribution in [0.2, 0.25) is 0 Å². The van der Waals surface area contributed by atoms with Gasteiger partial charge >= 0.3 is 12.1 Å². The van der Waals surface area contributed by atoms with E-state index in [0.29, 0.717) is 37.7 Å². The molecule has 3 atom stereocenters. The van der Waals surface area contributed by atoms with Gasteiger partial charge in [0.25, 0.3) is 11.8 Å². The predicted molar refractivity (Wildman–Crippen MR) is 111 cm³/mol. The molecular formula is C22H28F3N3O6. The molecule has 0 spiro atoms. The molecule has 4 heterocycles. The van der Waals surface area contributed by atoms with Crippen LogP contribution in [-0.4, -0.2) is 82.5 Å². The van der Waals surface area contributed by atoms with Gasteiger partial charge in [0, 0.05) is 31.5 Å². The SMILES string of the molecule is CCc1ccc(C(=O)N2CC[C@H]3C[C@@H](C(=O)N4CCCCO4)O[C@@H]3C2)cn1.O=C(O)C(F)(F)F. The second-order valence-electron chi connectivity index (χ2n) is 8.37. The van der Waals surface area contributed by atoms with Gasteiger partial charge in [-0.05, 0) is 50.2 Å². The van der Waals surface area contributed by atoms with E-state index < -0.39 is 18.2 Å². The smallest absolute Gasteiger partial charge is 0.475 e. The summed E-state index contributed by atoms with van der Waals surface area (Å²) in [4.78, 5) is 45.9. The molecule has 3 fully saturated rings. The van der Waals surface area contributed by atoms with Crippen molar-refractivity contribution in [3.63, 3.8) is 0 Å². The van der Waals surface area contributed by atoms with Crippen LogP contribution in [0.4, 0.5) is 13.2 Å². The maximum Gasteiger partial charge on any atom is 0.490 e. The van der Waals surface area contributed by atoms with Crippen LogP contribution in [0.3, 0.4) is 0 Å². The number of hydrogen-bond donors (Lipinski definition) is 1. The second-order valence-corrected chi connectivity index (χ2v) is 8.37. The van der Waals surface area contributed by atoms with E-state index in [1.807, 2.05) is 24.0 Å². The minimum absolute atomic E-state index is 0.0126. The fourth-order valence-corrected chi connectivity index (χ4v) is 4.15. The summed E-state index contributed by atoms with van der Waals surface area (Å²) in [7, 11) is 0. The Labute approximate surface area is 194 Å². The van der Waals surface area contributed by atoms with Crippen molar-refractivity contribution in [2.75, 3.05) is 26.2 Å². The number of aryl methyl sites for hydroxylation is 1. The summed E-state index contributed by atoms with van der Waals surface area (Å²) in [6.07, 6.45) is 0.446. The first-order valence-electron chi connectivity index (χ1n) is 11.2. The molecule has 3 aliphatic heterocycles. The monoisotopic (exact) mass is 487 g/mol. The number of hydroxylamine groups is 2. The zero-order chi connectivity index (χ0) is 24.9. The third kappa shape index (κ3) is 6.44. The van der Waals surface area contributed by atoms with E-state index in [-0.39, 0.29) is 17.9 Å². The molecule has 12 heteroatoms. The van der Waals surface area contributed by atoms with Gasteiger partial charge in [0.15, 0.2) is 0 Å². The fourth-order valence-electron chi connectivity index (χ4n) is 4.15. The third-order valence-corrected chi connectivity index (χ3v) is 6.04. The number of nitrogens with zero attached hydrogens (tertiary/aromatic N) is 3. The number of amides is 2. The average molecular weight is 487 g/mol. The number of pyridine rings is 1. The second kappa shape index (κ2) is 11.1. The van der Waals surface area contributed by atoms with Crippen molar-refractivity contribution in [2.24, 2.45) is 5.92 Å². The summed E-state index contributed by atoms with van der Waals surface area (Å²) in [5.74, 6) is -2.51. The van der Waals surface area contributed by atoms with Gasteiger partial charge < -0.3 is 14.7 Å². The molecule has 0 bridgehead atoms. The van der Waals surface area contributed by atoms with Crippen LogP contribution >= 0.6 is 0 Å². The molecule has 0 unspecified atom stereocenters. The van der Waals surface area contributed by atoms with Gasteiger partial charge in [-0.3, -0.25) is 19.4 Å². The minimum Gasteiger partial charge on any atom is -0.475 e. The molecule has 2 amide bonds. The number of aromatic nitrogens is 1. The zero-order valence-corrected chi connectivity index (χ0v) is 18.8. The maximum atomic E-state index is 12.8. The van der Waals surface area contributed by atoms with Gasteiger partial charge in [-0.25, -0.2) is 9.86 Å². The summed E-state index contributed by atoms with van der Waals surface area (Å²) in [5, 5.41) is 8.59. The zero-order valence-electron chi connectivity index (χ0n) is 18.8. The Morgan fingerprint density at radius 1 is 1.21 bits per heavy atom. The Morgan fingerprint density at radius 3 is 2.50 bits per heavy atom. The van der Waals surface area contributed by atoms with Crippen LogP contribution < -0.4 is 0 Å². The highest BCUT2D eigenvalue weighted by molar-refractivity contribution is 5.94. The normalized spacial score (nSPS) is 24.6. The maximum absolute atomic E-state index is 12.8. The van der Waals surface area contributed by atoms with Gasteiger partial charge in [0.05, 0.1) is 18.3 Å². The molecule has 188 valence electrons. The van der Waals surface area contributed by atoms with Gasteiger partial charge in [-0.1, -0.05) is 6.92 Å². The lowest BCUT2D eigenvalue weighted by atomic mass is 9.91. The first-order chi connectivity index (χ1) is 16.1. The Morgan fingerprint density at radius 2 is 1.94 bits per heavy atom. The van der Waals surface area contributed by atoms with E-state index in [1.54, 1.807) is 6.20 Å². The van der Waals surface area contributed by atoms with Crippen molar-refractivity contribution in [3.8, 4) is 0 Å². The number of ether oxygens (including phenoxy) is 1. The molecule has 4 rings (SSSR count).